The second-order valence-electron chi connectivity index (χ2n) is 4.95. The number of esters is 1. The van der Waals surface area contributed by atoms with Crippen molar-refractivity contribution in [1.82, 2.24) is 0 Å². The first kappa shape index (κ1) is 18.5. The number of Topliss-reactive ketones (excluding diaryl/α,β-unsaturated/α-hetero) is 1. The second-order valence-corrected chi connectivity index (χ2v) is 4.95. The summed E-state index contributed by atoms with van der Waals surface area (Å²) in [6, 6.07) is 1.51. The predicted octanol–water partition coefficient (Wildman–Crippen LogP) is 1.50. The average molecular weight is 322 g/mol. The first-order valence-electron chi connectivity index (χ1n) is 7.01. The summed E-state index contributed by atoms with van der Waals surface area (Å²) in [5, 5.41) is 12.6. The number of nitrogen functional groups attached to an aromatic ring is 1. The Morgan fingerprint density at radius 2 is 2.04 bits per heavy atom. The van der Waals surface area contributed by atoms with Crippen molar-refractivity contribution in [3.8, 4) is 5.75 Å². The molecule has 1 aromatic carbocycles. The Bertz CT molecular complexity index is 625. The maximum absolute atomic E-state index is 11.6. The molecule has 0 atom stereocenters. The van der Waals surface area contributed by atoms with Crippen molar-refractivity contribution in [2.45, 2.75) is 20.5 Å². The third kappa shape index (κ3) is 4.46. The van der Waals surface area contributed by atoms with Crippen LogP contribution in [0, 0.1) is 0 Å². The number of hydrogen-bond acceptors (Lipinski definition) is 7. The molecule has 4 N–H and O–H groups in total. The van der Waals surface area contributed by atoms with E-state index in [4.69, 9.17) is 15.2 Å². The van der Waals surface area contributed by atoms with Gasteiger partial charge < -0.3 is 25.6 Å². The number of benzene rings is 1. The Kier molecular flexibility index (Phi) is 6.59. The highest BCUT2D eigenvalue weighted by atomic mass is 16.5. The molecule has 0 spiro atoms. The van der Waals surface area contributed by atoms with Gasteiger partial charge >= 0.3 is 5.97 Å². The van der Waals surface area contributed by atoms with E-state index in [2.05, 4.69) is 11.9 Å². The first-order valence-corrected chi connectivity index (χ1v) is 7.01. The molecule has 0 heterocycles. The number of carbonyl (C=O) groups excluding carboxylic acids is 2. The van der Waals surface area contributed by atoms with Gasteiger partial charge in [-0.3, -0.25) is 4.79 Å². The van der Waals surface area contributed by atoms with Gasteiger partial charge in [0.1, 0.15) is 12.4 Å². The van der Waals surface area contributed by atoms with Crippen molar-refractivity contribution in [3.05, 3.63) is 29.3 Å². The van der Waals surface area contributed by atoms with Crippen LogP contribution in [-0.2, 0) is 16.1 Å². The molecular formula is C16H22N2O5. The summed E-state index contributed by atoms with van der Waals surface area (Å²) >= 11 is 0. The molecule has 0 aliphatic carbocycles. The molecule has 0 aliphatic rings. The van der Waals surface area contributed by atoms with E-state index < -0.39 is 5.97 Å². The fourth-order valence-electron chi connectivity index (χ4n) is 1.98. The summed E-state index contributed by atoms with van der Waals surface area (Å²) in [7, 11) is 1.45. The number of carbonyl (C=O) groups is 2. The molecule has 7 heteroatoms. The monoisotopic (exact) mass is 322 g/mol. The fourth-order valence-corrected chi connectivity index (χ4v) is 1.98. The van der Waals surface area contributed by atoms with Crippen LogP contribution < -0.4 is 15.8 Å². The van der Waals surface area contributed by atoms with E-state index in [1.165, 1.54) is 20.1 Å². The fraction of sp³-hybridized carbons (Fsp3) is 0.375. The molecule has 0 saturated heterocycles. The second kappa shape index (κ2) is 8.19. The molecular weight excluding hydrogens is 300 g/mol. The molecule has 0 unspecified atom stereocenters. The SMILES string of the molecule is C=C(C)C(=O)OCCNc1c(OC)cc(C(C)=O)c(N)c1CO. The van der Waals surface area contributed by atoms with Gasteiger partial charge in [0.25, 0.3) is 0 Å². The molecule has 0 amide bonds. The van der Waals surface area contributed by atoms with Crippen molar-refractivity contribution in [3.63, 3.8) is 0 Å². The van der Waals surface area contributed by atoms with E-state index >= 15 is 0 Å². The zero-order valence-corrected chi connectivity index (χ0v) is 13.6. The maximum Gasteiger partial charge on any atom is 0.333 e. The van der Waals surface area contributed by atoms with Gasteiger partial charge in [-0.05, 0) is 19.9 Å². The molecule has 0 bridgehead atoms. The Morgan fingerprint density at radius 3 is 2.52 bits per heavy atom. The predicted molar refractivity (Wildman–Crippen MR) is 87.6 cm³/mol. The van der Waals surface area contributed by atoms with Gasteiger partial charge in [-0.2, -0.15) is 0 Å². The molecule has 1 rings (SSSR count). The molecule has 7 nitrogen and oxygen atoms in total. The highest BCUT2D eigenvalue weighted by Gasteiger charge is 2.18. The van der Waals surface area contributed by atoms with Gasteiger partial charge in [0.05, 0.1) is 25.1 Å². The van der Waals surface area contributed by atoms with Gasteiger partial charge in [-0.15, -0.1) is 0 Å². The maximum atomic E-state index is 11.6. The summed E-state index contributed by atoms with van der Waals surface area (Å²) in [6.07, 6.45) is 0. The number of rotatable bonds is 8. The van der Waals surface area contributed by atoms with Gasteiger partial charge in [-0.1, -0.05) is 6.58 Å². The quantitative estimate of drug-likeness (QED) is 0.219. The number of ether oxygens (including phenoxy) is 2. The van der Waals surface area contributed by atoms with E-state index in [0.717, 1.165) is 0 Å². The summed E-state index contributed by atoms with van der Waals surface area (Å²) in [5.41, 5.74) is 7.55. The number of ketones is 1. The summed E-state index contributed by atoms with van der Waals surface area (Å²) in [4.78, 5) is 22.9. The van der Waals surface area contributed by atoms with Crippen LogP contribution in [-0.4, -0.2) is 37.1 Å². The number of methoxy groups -OCH3 is 1. The largest absolute Gasteiger partial charge is 0.495 e. The third-order valence-electron chi connectivity index (χ3n) is 3.18. The Hall–Kier alpha value is -2.54. The lowest BCUT2D eigenvalue weighted by Crippen LogP contribution is -2.16. The number of nitrogens with one attached hydrogen (secondary N) is 1. The zero-order valence-electron chi connectivity index (χ0n) is 13.6. The van der Waals surface area contributed by atoms with Gasteiger partial charge in [0, 0.05) is 23.2 Å². The normalized spacial score (nSPS) is 10.1. The topological polar surface area (TPSA) is 111 Å². The van der Waals surface area contributed by atoms with Crippen molar-refractivity contribution in [2.24, 2.45) is 0 Å². The Balaban J connectivity index is 2.97. The number of hydrogen-bond donors (Lipinski definition) is 3. The zero-order chi connectivity index (χ0) is 17.6. The lowest BCUT2D eigenvalue weighted by molar-refractivity contribution is -0.138. The number of aliphatic hydroxyl groups is 1. The summed E-state index contributed by atoms with van der Waals surface area (Å²) < 4.78 is 10.2. The van der Waals surface area contributed by atoms with Crippen molar-refractivity contribution in [2.75, 3.05) is 31.3 Å². The van der Waals surface area contributed by atoms with Crippen LogP contribution in [0.5, 0.6) is 5.75 Å². The van der Waals surface area contributed by atoms with E-state index in [0.29, 0.717) is 22.6 Å². The number of aliphatic hydroxyl groups excluding tert-OH is 1. The van der Waals surface area contributed by atoms with Gasteiger partial charge in [-0.25, -0.2) is 4.79 Å². The van der Waals surface area contributed by atoms with Crippen LogP contribution in [0.1, 0.15) is 29.8 Å². The third-order valence-corrected chi connectivity index (χ3v) is 3.18. The molecule has 0 aromatic heterocycles. The molecule has 0 radical (unpaired) electrons. The number of anilines is 2. The molecule has 0 fully saturated rings. The molecule has 126 valence electrons. The lowest BCUT2D eigenvalue weighted by atomic mass is 10.0. The number of nitrogens with two attached hydrogens (primary N) is 1. The molecule has 23 heavy (non-hydrogen) atoms. The summed E-state index contributed by atoms with van der Waals surface area (Å²) in [6.45, 7) is 6.45. The smallest absolute Gasteiger partial charge is 0.333 e. The van der Waals surface area contributed by atoms with Crippen LogP contribution >= 0.6 is 0 Å². The van der Waals surface area contributed by atoms with Crippen LogP contribution in [0.3, 0.4) is 0 Å². The summed E-state index contributed by atoms with van der Waals surface area (Å²) in [5.74, 6) is -0.329. The minimum Gasteiger partial charge on any atom is -0.495 e. The minimum absolute atomic E-state index is 0.105. The van der Waals surface area contributed by atoms with E-state index in [-0.39, 0.29) is 36.8 Å². The van der Waals surface area contributed by atoms with Crippen molar-refractivity contribution >= 4 is 23.1 Å². The lowest BCUT2D eigenvalue weighted by Gasteiger charge is -2.18. The van der Waals surface area contributed by atoms with Crippen molar-refractivity contribution < 1.29 is 24.2 Å². The average Bonchev–Trinajstić information content (AvgIpc) is 2.50. The first-order chi connectivity index (χ1) is 10.8. The molecule has 1 aromatic rings. The Morgan fingerprint density at radius 1 is 1.39 bits per heavy atom. The minimum atomic E-state index is -0.479. The van der Waals surface area contributed by atoms with Crippen LogP contribution in [0.4, 0.5) is 11.4 Å². The van der Waals surface area contributed by atoms with Gasteiger partial charge in [0.15, 0.2) is 5.78 Å². The van der Waals surface area contributed by atoms with E-state index in [9.17, 15) is 14.7 Å². The molecule has 0 saturated carbocycles. The molecule has 0 aliphatic heterocycles. The van der Waals surface area contributed by atoms with E-state index in [1.807, 2.05) is 0 Å². The van der Waals surface area contributed by atoms with Gasteiger partial charge in [0.2, 0.25) is 0 Å². The highest BCUT2D eigenvalue weighted by Crippen LogP contribution is 2.35. The highest BCUT2D eigenvalue weighted by molar-refractivity contribution is 6.01. The van der Waals surface area contributed by atoms with Crippen LogP contribution in [0.15, 0.2) is 18.2 Å². The van der Waals surface area contributed by atoms with Crippen molar-refractivity contribution in [1.29, 1.82) is 0 Å². The van der Waals surface area contributed by atoms with E-state index in [1.54, 1.807) is 6.92 Å². The standard InChI is InChI=1S/C16H22N2O5/c1-9(2)16(21)23-6-5-18-15-12(8-19)14(17)11(10(3)20)7-13(15)22-4/h7,18-19H,1,5-6,8,17H2,2-4H3. The van der Waals surface area contributed by atoms with Crippen LogP contribution in [0.25, 0.3) is 0 Å². The Labute approximate surface area is 135 Å². The van der Waals surface area contributed by atoms with Crippen LogP contribution in [0.2, 0.25) is 0 Å².